The van der Waals surface area contributed by atoms with E-state index in [1.807, 2.05) is 20.8 Å². The minimum atomic E-state index is -0.515. The van der Waals surface area contributed by atoms with Crippen molar-refractivity contribution in [3.05, 3.63) is 0 Å². The van der Waals surface area contributed by atoms with Gasteiger partial charge in [0.2, 0.25) is 11.8 Å². The van der Waals surface area contributed by atoms with Crippen molar-refractivity contribution < 1.29 is 19.1 Å². The van der Waals surface area contributed by atoms with E-state index in [9.17, 15) is 14.4 Å². The highest BCUT2D eigenvalue weighted by molar-refractivity contribution is 6.05. The van der Waals surface area contributed by atoms with Crippen LogP contribution in [0.4, 0.5) is 4.79 Å². The zero-order valence-corrected chi connectivity index (χ0v) is 14.3. The van der Waals surface area contributed by atoms with Crippen LogP contribution in [-0.2, 0) is 14.3 Å². The maximum absolute atomic E-state index is 12.0. The highest BCUT2D eigenvalue weighted by atomic mass is 16.6. The molecule has 23 heavy (non-hydrogen) atoms. The number of alkyl carbamates (subject to hydrolysis) is 1. The number of likely N-dealkylation sites (tertiary alicyclic amines) is 1. The fourth-order valence-corrected chi connectivity index (χ4v) is 3.17. The normalized spacial score (nSPS) is 28.3. The first kappa shape index (κ1) is 17.7. The largest absolute Gasteiger partial charge is 0.444 e. The third kappa shape index (κ3) is 4.67. The number of carbonyl (C=O) groups is 3. The van der Waals surface area contributed by atoms with Gasteiger partial charge in [-0.3, -0.25) is 14.5 Å². The Balaban J connectivity index is 1.83. The van der Waals surface area contributed by atoms with Crippen LogP contribution in [0.25, 0.3) is 0 Å². The monoisotopic (exact) mass is 325 g/mol. The Morgan fingerprint density at radius 2 is 2.00 bits per heavy atom. The Hall–Kier alpha value is -1.63. The Morgan fingerprint density at radius 3 is 2.57 bits per heavy atom. The van der Waals surface area contributed by atoms with E-state index in [0.717, 1.165) is 19.3 Å². The van der Waals surface area contributed by atoms with E-state index in [2.05, 4.69) is 10.6 Å². The highest BCUT2D eigenvalue weighted by Crippen LogP contribution is 2.27. The van der Waals surface area contributed by atoms with Gasteiger partial charge >= 0.3 is 6.09 Å². The van der Waals surface area contributed by atoms with Crippen LogP contribution >= 0.6 is 0 Å². The number of hydrogen-bond acceptors (Lipinski definition) is 5. The van der Waals surface area contributed by atoms with E-state index in [-0.39, 0.29) is 30.2 Å². The summed E-state index contributed by atoms with van der Waals surface area (Å²) in [7, 11) is 1.52. The molecule has 130 valence electrons. The predicted molar refractivity (Wildman–Crippen MR) is 84.7 cm³/mol. The van der Waals surface area contributed by atoms with E-state index in [1.165, 1.54) is 11.9 Å². The molecule has 1 aliphatic heterocycles. The van der Waals surface area contributed by atoms with Crippen molar-refractivity contribution in [3.63, 3.8) is 0 Å². The van der Waals surface area contributed by atoms with Gasteiger partial charge in [0.1, 0.15) is 5.60 Å². The fraction of sp³-hybridized carbons (Fsp3) is 0.812. The van der Waals surface area contributed by atoms with Gasteiger partial charge in [0.05, 0.1) is 12.5 Å². The molecule has 0 radical (unpaired) electrons. The van der Waals surface area contributed by atoms with Gasteiger partial charge in [-0.2, -0.15) is 0 Å². The highest BCUT2D eigenvalue weighted by Gasteiger charge is 2.39. The second kappa shape index (κ2) is 6.86. The van der Waals surface area contributed by atoms with E-state index in [1.54, 1.807) is 0 Å². The summed E-state index contributed by atoms with van der Waals surface area (Å²) in [6.07, 6.45) is 2.77. The summed E-state index contributed by atoms with van der Waals surface area (Å²) >= 11 is 0. The molecular weight excluding hydrogens is 298 g/mol. The number of nitrogens with zero attached hydrogens (tertiary/aromatic N) is 1. The van der Waals surface area contributed by atoms with Gasteiger partial charge in [0.25, 0.3) is 0 Å². The summed E-state index contributed by atoms with van der Waals surface area (Å²) < 4.78 is 5.24. The zero-order valence-electron chi connectivity index (χ0n) is 14.3. The minimum Gasteiger partial charge on any atom is -0.444 e. The van der Waals surface area contributed by atoms with Gasteiger partial charge < -0.3 is 15.4 Å². The zero-order chi connectivity index (χ0) is 17.2. The van der Waals surface area contributed by atoms with Crippen LogP contribution in [0.15, 0.2) is 0 Å². The van der Waals surface area contributed by atoms with Crippen LogP contribution in [0.5, 0.6) is 0 Å². The van der Waals surface area contributed by atoms with Crippen LogP contribution in [0, 0.1) is 5.92 Å². The summed E-state index contributed by atoms with van der Waals surface area (Å²) in [6.45, 7) is 5.99. The molecule has 7 heteroatoms. The van der Waals surface area contributed by atoms with Gasteiger partial charge in [0.15, 0.2) is 0 Å². The Labute approximate surface area is 137 Å². The first-order chi connectivity index (χ1) is 10.7. The van der Waals surface area contributed by atoms with Crippen LogP contribution < -0.4 is 10.6 Å². The lowest BCUT2D eigenvalue weighted by atomic mass is 10.0. The number of imide groups is 1. The number of nitrogens with one attached hydrogen (secondary N) is 2. The summed E-state index contributed by atoms with van der Waals surface area (Å²) in [6, 6.07) is -0.294. The molecule has 3 amide bonds. The number of amides is 3. The molecule has 1 saturated heterocycles. The quantitative estimate of drug-likeness (QED) is 0.754. The number of likely N-dealkylation sites (N-methyl/N-ethyl adjacent to an activating group) is 1. The Kier molecular flexibility index (Phi) is 5.29. The lowest BCUT2D eigenvalue weighted by Crippen LogP contribution is -2.47. The lowest BCUT2D eigenvalue weighted by Gasteiger charge is -2.25. The minimum absolute atomic E-state index is 0.137. The smallest absolute Gasteiger partial charge is 0.407 e. The molecule has 0 bridgehead atoms. The molecule has 0 aromatic carbocycles. The average Bonchev–Trinajstić information content (AvgIpc) is 2.96. The molecule has 2 rings (SSSR count). The molecule has 0 aromatic heterocycles. The van der Waals surface area contributed by atoms with E-state index in [0.29, 0.717) is 6.54 Å². The van der Waals surface area contributed by atoms with Gasteiger partial charge in [-0.05, 0) is 39.5 Å². The number of hydrogen-bond donors (Lipinski definition) is 2. The number of rotatable bonds is 4. The van der Waals surface area contributed by atoms with Crippen molar-refractivity contribution in [3.8, 4) is 0 Å². The Morgan fingerprint density at radius 1 is 1.30 bits per heavy atom. The van der Waals surface area contributed by atoms with Crippen LogP contribution in [-0.4, -0.2) is 54.1 Å². The molecule has 2 fully saturated rings. The summed E-state index contributed by atoms with van der Waals surface area (Å²) in [5.74, 6) is -0.0639. The summed E-state index contributed by atoms with van der Waals surface area (Å²) in [5.41, 5.74) is -0.515. The Bertz CT molecular complexity index is 486. The van der Waals surface area contributed by atoms with Gasteiger partial charge in [-0.1, -0.05) is 6.42 Å². The van der Waals surface area contributed by atoms with Crippen LogP contribution in [0.3, 0.4) is 0 Å². The summed E-state index contributed by atoms with van der Waals surface area (Å²) in [4.78, 5) is 36.5. The van der Waals surface area contributed by atoms with Gasteiger partial charge in [-0.25, -0.2) is 4.79 Å². The third-order valence-electron chi connectivity index (χ3n) is 4.36. The topological polar surface area (TPSA) is 87.7 Å². The molecule has 7 nitrogen and oxygen atoms in total. The van der Waals surface area contributed by atoms with Crippen molar-refractivity contribution in [1.29, 1.82) is 0 Å². The molecule has 1 heterocycles. The predicted octanol–water partition coefficient (Wildman–Crippen LogP) is 1.03. The van der Waals surface area contributed by atoms with E-state index >= 15 is 0 Å². The van der Waals surface area contributed by atoms with E-state index in [4.69, 9.17) is 4.74 Å². The second-order valence-corrected chi connectivity index (χ2v) is 7.39. The molecule has 3 atom stereocenters. The third-order valence-corrected chi connectivity index (χ3v) is 4.36. The molecule has 2 N–H and O–H groups in total. The molecule has 1 aliphatic carbocycles. The van der Waals surface area contributed by atoms with Crippen LogP contribution in [0.2, 0.25) is 0 Å². The molecule has 3 unspecified atom stereocenters. The number of ether oxygens (including phenoxy) is 1. The van der Waals surface area contributed by atoms with Crippen molar-refractivity contribution in [2.24, 2.45) is 5.92 Å². The van der Waals surface area contributed by atoms with Crippen molar-refractivity contribution in [2.75, 3.05) is 13.6 Å². The molecule has 0 aromatic rings. The summed E-state index contributed by atoms with van der Waals surface area (Å²) in [5, 5.41) is 6.11. The maximum atomic E-state index is 12.0. The first-order valence-electron chi connectivity index (χ1n) is 8.20. The van der Waals surface area contributed by atoms with Crippen molar-refractivity contribution in [1.82, 2.24) is 15.5 Å². The second-order valence-electron chi connectivity index (χ2n) is 7.39. The van der Waals surface area contributed by atoms with Crippen molar-refractivity contribution in [2.45, 2.75) is 64.1 Å². The van der Waals surface area contributed by atoms with Crippen LogP contribution in [0.1, 0.15) is 46.5 Å². The molecular formula is C16H27N3O4. The fourth-order valence-electron chi connectivity index (χ4n) is 3.17. The van der Waals surface area contributed by atoms with Gasteiger partial charge in [-0.15, -0.1) is 0 Å². The maximum Gasteiger partial charge on any atom is 0.407 e. The SMILES string of the molecule is CN1C(=O)CC(NC2CCCC2CNC(=O)OC(C)(C)C)C1=O. The lowest BCUT2D eigenvalue weighted by molar-refractivity contribution is -0.137. The standard InChI is InChI=1S/C16H27N3O4/c1-16(2,3)23-15(22)17-9-10-6-5-7-11(10)18-12-8-13(20)19(4)14(12)21/h10-12,18H,5-9H2,1-4H3,(H,17,22). The van der Waals surface area contributed by atoms with Crippen molar-refractivity contribution >= 4 is 17.9 Å². The first-order valence-corrected chi connectivity index (χ1v) is 8.20. The average molecular weight is 325 g/mol. The molecule has 1 saturated carbocycles. The molecule has 2 aliphatic rings. The molecule has 0 spiro atoms. The number of carbonyl (C=O) groups excluding carboxylic acids is 3. The van der Waals surface area contributed by atoms with Gasteiger partial charge in [0, 0.05) is 19.6 Å². The van der Waals surface area contributed by atoms with E-state index < -0.39 is 17.7 Å².